The molecule has 1 aromatic carbocycles. The number of nitro groups is 1. The highest BCUT2D eigenvalue weighted by atomic mass is 35.6. The number of alkyl halides is 3. The molecule has 0 spiro atoms. The highest BCUT2D eigenvalue weighted by Gasteiger charge is 2.25. The van der Waals surface area contributed by atoms with E-state index in [2.05, 4.69) is 9.97 Å². The first-order chi connectivity index (χ1) is 9.36. The maximum absolute atomic E-state index is 10.6. The highest BCUT2D eigenvalue weighted by Crippen LogP contribution is 2.37. The maximum Gasteiger partial charge on any atom is 0.269 e. The van der Waals surface area contributed by atoms with E-state index in [1.54, 1.807) is 12.1 Å². The van der Waals surface area contributed by atoms with Crippen LogP contribution in [-0.2, 0) is 3.79 Å². The summed E-state index contributed by atoms with van der Waals surface area (Å²) in [5, 5.41) is 10.9. The molecule has 1 heterocycles. The molecule has 1 aromatic heterocycles. The van der Waals surface area contributed by atoms with Crippen molar-refractivity contribution >= 4 is 52.3 Å². The lowest BCUT2D eigenvalue weighted by Crippen LogP contribution is -2.04. The van der Waals surface area contributed by atoms with Gasteiger partial charge >= 0.3 is 0 Å². The number of hydrogen-bond donors (Lipinski definition) is 0. The standard InChI is InChI=1S/C11H6Cl3N3O2S/c12-11(13,14)9-5-6-15-10(16-9)20-8-3-1-7(2-4-8)17(18)19/h1-6H. The smallest absolute Gasteiger partial charge is 0.258 e. The Kier molecular flexibility index (Phi) is 4.70. The molecule has 0 radical (unpaired) electrons. The zero-order valence-corrected chi connectivity index (χ0v) is 12.7. The first-order valence-electron chi connectivity index (χ1n) is 5.19. The van der Waals surface area contributed by atoms with Crippen molar-refractivity contribution < 1.29 is 4.92 Å². The normalized spacial score (nSPS) is 11.3. The van der Waals surface area contributed by atoms with Crippen molar-refractivity contribution in [2.75, 3.05) is 0 Å². The molecule has 0 amide bonds. The van der Waals surface area contributed by atoms with Crippen LogP contribution in [0.2, 0.25) is 0 Å². The lowest BCUT2D eigenvalue weighted by atomic mass is 10.3. The molecule has 0 saturated heterocycles. The van der Waals surface area contributed by atoms with E-state index < -0.39 is 8.72 Å². The molecular formula is C11H6Cl3N3O2S. The summed E-state index contributed by atoms with van der Waals surface area (Å²) >= 11 is 18.5. The van der Waals surface area contributed by atoms with Crippen LogP contribution in [-0.4, -0.2) is 14.9 Å². The molecule has 0 bridgehead atoms. The van der Waals surface area contributed by atoms with E-state index in [0.717, 1.165) is 4.90 Å². The summed E-state index contributed by atoms with van der Waals surface area (Å²) in [5.41, 5.74) is 0.284. The Labute approximate surface area is 133 Å². The summed E-state index contributed by atoms with van der Waals surface area (Å²) < 4.78 is -1.62. The molecule has 104 valence electrons. The van der Waals surface area contributed by atoms with E-state index in [-0.39, 0.29) is 11.4 Å². The van der Waals surface area contributed by atoms with Crippen molar-refractivity contribution in [2.24, 2.45) is 0 Å². The van der Waals surface area contributed by atoms with E-state index in [1.807, 2.05) is 0 Å². The quantitative estimate of drug-likeness (QED) is 0.356. The fourth-order valence-corrected chi connectivity index (χ4v) is 2.35. The van der Waals surface area contributed by atoms with Gasteiger partial charge in [0, 0.05) is 23.2 Å². The maximum atomic E-state index is 10.6. The van der Waals surface area contributed by atoms with E-state index in [1.165, 1.54) is 36.2 Å². The fourth-order valence-electron chi connectivity index (χ4n) is 1.29. The minimum absolute atomic E-state index is 0.0188. The molecule has 0 atom stereocenters. The average Bonchev–Trinajstić information content (AvgIpc) is 2.38. The number of halogens is 3. The molecule has 20 heavy (non-hydrogen) atoms. The first-order valence-corrected chi connectivity index (χ1v) is 7.14. The number of benzene rings is 1. The van der Waals surface area contributed by atoms with Crippen molar-refractivity contribution in [3.05, 3.63) is 52.3 Å². The molecule has 9 heteroatoms. The predicted molar refractivity (Wildman–Crippen MR) is 78.5 cm³/mol. The van der Waals surface area contributed by atoms with Gasteiger partial charge in [0.15, 0.2) is 5.16 Å². The lowest BCUT2D eigenvalue weighted by molar-refractivity contribution is -0.384. The van der Waals surface area contributed by atoms with E-state index in [9.17, 15) is 10.1 Å². The Morgan fingerprint density at radius 3 is 2.35 bits per heavy atom. The minimum atomic E-state index is -1.62. The van der Waals surface area contributed by atoms with Crippen molar-refractivity contribution in [1.29, 1.82) is 0 Å². The van der Waals surface area contributed by atoms with Gasteiger partial charge in [-0.25, -0.2) is 9.97 Å². The van der Waals surface area contributed by atoms with Crippen LogP contribution >= 0.6 is 46.6 Å². The first kappa shape index (κ1) is 15.3. The van der Waals surface area contributed by atoms with Gasteiger partial charge in [-0.1, -0.05) is 34.8 Å². The third kappa shape index (κ3) is 3.96. The molecule has 0 aliphatic heterocycles. The van der Waals surface area contributed by atoms with Gasteiger partial charge < -0.3 is 0 Å². The summed E-state index contributed by atoms with van der Waals surface area (Å²) in [7, 11) is 0. The zero-order valence-electron chi connectivity index (χ0n) is 9.66. The van der Waals surface area contributed by atoms with Gasteiger partial charge in [0.25, 0.3) is 5.69 Å². The van der Waals surface area contributed by atoms with E-state index in [0.29, 0.717) is 5.16 Å². The SMILES string of the molecule is O=[N+]([O-])c1ccc(Sc2nccc(C(Cl)(Cl)Cl)n2)cc1. The van der Waals surface area contributed by atoms with Crippen LogP contribution in [0.3, 0.4) is 0 Å². The molecule has 2 aromatic rings. The zero-order chi connectivity index (χ0) is 14.8. The van der Waals surface area contributed by atoms with Crippen molar-refractivity contribution in [2.45, 2.75) is 13.8 Å². The monoisotopic (exact) mass is 349 g/mol. The van der Waals surface area contributed by atoms with Gasteiger partial charge in [0.1, 0.15) is 0 Å². The minimum Gasteiger partial charge on any atom is -0.258 e. The lowest BCUT2D eigenvalue weighted by Gasteiger charge is -2.10. The topological polar surface area (TPSA) is 68.9 Å². The van der Waals surface area contributed by atoms with Crippen LogP contribution in [0, 0.1) is 10.1 Å². The summed E-state index contributed by atoms with van der Waals surface area (Å²) in [6, 6.07) is 7.53. The van der Waals surface area contributed by atoms with Crippen molar-refractivity contribution in [1.82, 2.24) is 9.97 Å². The Morgan fingerprint density at radius 1 is 1.15 bits per heavy atom. The van der Waals surface area contributed by atoms with Crippen LogP contribution < -0.4 is 0 Å². The van der Waals surface area contributed by atoms with Crippen LogP contribution in [0.25, 0.3) is 0 Å². The Balaban J connectivity index is 2.20. The van der Waals surface area contributed by atoms with Crippen molar-refractivity contribution in [3.8, 4) is 0 Å². The third-order valence-corrected chi connectivity index (χ3v) is 3.65. The van der Waals surface area contributed by atoms with Gasteiger partial charge in [0.05, 0.1) is 10.6 Å². The second-order valence-corrected chi connectivity index (χ2v) is 6.90. The third-order valence-electron chi connectivity index (χ3n) is 2.18. The van der Waals surface area contributed by atoms with E-state index in [4.69, 9.17) is 34.8 Å². The van der Waals surface area contributed by atoms with Crippen LogP contribution in [0.15, 0.2) is 46.6 Å². The predicted octanol–water partition coefficient (Wildman–Crippen LogP) is 4.36. The van der Waals surface area contributed by atoms with Crippen LogP contribution in [0.5, 0.6) is 0 Å². The number of rotatable bonds is 3. The summed E-state index contributed by atoms with van der Waals surface area (Å²) in [6.07, 6.45) is 1.48. The highest BCUT2D eigenvalue weighted by molar-refractivity contribution is 7.99. The molecule has 0 N–H and O–H groups in total. The molecule has 2 rings (SSSR count). The Morgan fingerprint density at radius 2 is 1.80 bits per heavy atom. The molecular weight excluding hydrogens is 345 g/mol. The van der Waals surface area contributed by atoms with Gasteiger partial charge in [-0.2, -0.15) is 0 Å². The number of hydrogen-bond acceptors (Lipinski definition) is 5. The number of nitrogens with zero attached hydrogens (tertiary/aromatic N) is 3. The molecule has 0 aliphatic rings. The number of nitro benzene ring substituents is 1. The second-order valence-electron chi connectivity index (χ2n) is 3.58. The molecule has 5 nitrogen and oxygen atoms in total. The van der Waals surface area contributed by atoms with Crippen LogP contribution in [0.4, 0.5) is 5.69 Å². The largest absolute Gasteiger partial charge is 0.269 e. The number of non-ortho nitro benzene ring substituents is 1. The fraction of sp³-hybridized carbons (Fsp3) is 0.0909. The van der Waals surface area contributed by atoms with E-state index >= 15 is 0 Å². The van der Waals surface area contributed by atoms with Crippen LogP contribution in [0.1, 0.15) is 5.69 Å². The average molecular weight is 351 g/mol. The molecule has 0 fully saturated rings. The van der Waals surface area contributed by atoms with Gasteiger partial charge in [0.2, 0.25) is 3.79 Å². The summed E-state index contributed by atoms with van der Waals surface area (Å²) in [6.45, 7) is 0. The summed E-state index contributed by atoms with van der Waals surface area (Å²) in [5.74, 6) is 0. The second kappa shape index (κ2) is 6.13. The van der Waals surface area contributed by atoms with Gasteiger partial charge in [-0.3, -0.25) is 10.1 Å². The van der Waals surface area contributed by atoms with Crippen molar-refractivity contribution in [3.63, 3.8) is 0 Å². The number of aromatic nitrogens is 2. The van der Waals surface area contributed by atoms with Gasteiger partial charge in [-0.05, 0) is 30.0 Å². The van der Waals surface area contributed by atoms with Gasteiger partial charge in [-0.15, -0.1) is 0 Å². The Hall–Kier alpha value is -1.08. The summed E-state index contributed by atoms with van der Waals surface area (Å²) in [4.78, 5) is 19.0. The Bertz CT molecular complexity index is 632. The molecule has 0 aliphatic carbocycles. The molecule has 0 unspecified atom stereocenters. The molecule has 0 saturated carbocycles.